The van der Waals surface area contributed by atoms with Gasteiger partial charge in [-0.1, -0.05) is 60.7 Å². The fraction of sp³-hybridized carbons (Fsp3) is 0.208. The van der Waals surface area contributed by atoms with Gasteiger partial charge in [0.25, 0.3) is 5.69 Å². The van der Waals surface area contributed by atoms with Crippen LogP contribution in [0.15, 0.2) is 78.9 Å². The standard InChI is InChI=1S/C24H25N3O6S/c1-33-23-14-13-21(27(29)30)15-22(23)26(34(2,31)32)18-24(28)25(16-19-9-5-3-6-10-19)17-20-11-7-4-8-12-20/h3-15H,16-18H2,1-2H3. The third-order valence-corrected chi connectivity index (χ3v) is 6.23. The van der Waals surface area contributed by atoms with Gasteiger partial charge < -0.3 is 9.64 Å². The van der Waals surface area contributed by atoms with Crippen LogP contribution < -0.4 is 9.04 Å². The van der Waals surface area contributed by atoms with E-state index >= 15 is 0 Å². The predicted octanol–water partition coefficient (Wildman–Crippen LogP) is 3.60. The first-order valence-corrected chi connectivity index (χ1v) is 12.2. The number of anilines is 1. The smallest absolute Gasteiger partial charge is 0.271 e. The fourth-order valence-electron chi connectivity index (χ4n) is 3.43. The highest BCUT2D eigenvalue weighted by atomic mass is 32.2. The summed E-state index contributed by atoms with van der Waals surface area (Å²) in [4.78, 5) is 25.6. The number of nitrogens with zero attached hydrogens (tertiary/aromatic N) is 3. The number of nitro groups is 1. The van der Waals surface area contributed by atoms with Gasteiger partial charge in [0.15, 0.2) is 0 Å². The SMILES string of the molecule is COc1ccc([N+](=O)[O-])cc1N(CC(=O)N(Cc1ccccc1)Cc1ccccc1)S(C)(=O)=O. The summed E-state index contributed by atoms with van der Waals surface area (Å²) in [5.74, 6) is -0.367. The summed E-state index contributed by atoms with van der Waals surface area (Å²) in [7, 11) is -2.66. The van der Waals surface area contributed by atoms with Crippen molar-refractivity contribution in [3.8, 4) is 5.75 Å². The Balaban J connectivity index is 1.97. The predicted molar refractivity (Wildman–Crippen MR) is 129 cm³/mol. The van der Waals surface area contributed by atoms with Gasteiger partial charge in [-0.2, -0.15) is 0 Å². The third kappa shape index (κ3) is 6.32. The zero-order chi connectivity index (χ0) is 24.7. The van der Waals surface area contributed by atoms with Gasteiger partial charge in [0.05, 0.1) is 18.3 Å². The van der Waals surface area contributed by atoms with Crippen LogP contribution in [0.5, 0.6) is 5.75 Å². The molecule has 10 heteroatoms. The number of benzene rings is 3. The van der Waals surface area contributed by atoms with Crippen molar-refractivity contribution in [1.82, 2.24) is 4.90 Å². The Labute approximate surface area is 198 Å². The zero-order valence-corrected chi connectivity index (χ0v) is 19.6. The normalized spacial score (nSPS) is 11.0. The van der Waals surface area contributed by atoms with E-state index in [2.05, 4.69) is 0 Å². The van der Waals surface area contributed by atoms with Crippen molar-refractivity contribution in [1.29, 1.82) is 0 Å². The molecule has 0 fully saturated rings. The molecule has 3 aromatic rings. The van der Waals surface area contributed by atoms with Crippen LogP contribution in [0.1, 0.15) is 11.1 Å². The molecule has 3 rings (SSSR count). The van der Waals surface area contributed by atoms with E-state index in [1.165, 1.54) is 19.2 Å². The summed E-state index contributed by atoms with van der Waals surface area (Å²) in [6.45, 7) is -0.0213. The third-order valence-electron chi connectivity index (χ3n) is 5.11. The summed E-state index contributed by atoms with van der Waals surface area (Å²) >= 11 is 0. The average molecular weight is 484 g/mol. The first-order chi connectivity index (χ1) is 16.2. The second-order valence-corrected chi connectivity index (χ2v) is 9.51. The quantitative estimate of drug-likeness (QED) is 0.322. The van der Waals surface area contributed by atoms with Gasteiger partial charge in [-0.15, -0.1) is 0 Å². The summed E-state index contributed by atoms with van der Waals surface area (Å²) in [5, 5.41) is 11.3. The van der Waals surface area contributed by atoms with Crippen LogP contribution in [-0.2, 0) is 27.9 Å². The number of amides is 1. The highest BCUT2D eigenvalue weighted by Crippen LogP contribution is 2.33. The summed E-state index contributed by atoms with van der Waals surface area (Å²) < 4.78 is 31.4. The molecule has 0 aliphatic heterocycles. The van der Waals surface area contributed by atoms with E-state index in [-0.39, 0.29) is 30.2 Å². The van der Waals surface area contributed by atoms with Gasteiger partial charge in [-0.05, 0) is 17.2 Å². The Kier molecular flexibility index (Phi) is 7.85. The Morgan fingerprint density at radius 1 is 0.941 bits per heavy atom. The first kappa shape index (κ1) is 24.7. The maximum absolute atomic E-state index is 13.4. The van der Waals surface area contributed by atoms with E-state index in [9.17, 15) is 23.3 Å². The van der Waals surface area contributed by atoms with Gasteiger partial charge >= 0.3 is 0 Å². The van der Waals surface area contributed by atoms with Crippen LogP contribution in [0.3, 0.4) is 0 Å². The molecule has 0 aliphatic rings. The van der Waals surface area contributed by atoms with Crippen LogP contribution in [0.25, 0.3) is 0 Å². The summed E-state index contributed by atoms with van der Waals surface area (Å²) in [5.41, 5.74) is 1.37. The number of methoxy groups -OCH3 is 1. The highest BCUT2D eigenvalue weighted by Gasteiger charge is 2.28. The van der Waals surface area contributed by atoms with Crippen LogP contribution >= 0.6 is 0 Å². The number of nitro benzene ring substituents is 1. The van der Waals surface area contributed by atoms with Gasteiger partial charge in [0.1, 0.15) is 18.0 Å². The molecule has 0 heterocycles. The molecule has 3 aromatic carbocycles. The minimum atomic E-state index is -3.98. The lowest BCUT2D eigenvalue weighted by Crippen LogP contribution is -2.42. The number of non-ortho nitro benzene ring substituents is 1. The van der Waals surface area contributed by atoms with Crippen molar-refractivity contribution in [3.05, 3.63) is 100 Å². The topological polar surface area (TPSA) is 110 Å². The van der Waals surface area contributed by atoms with Crippen LogP contribution in [0, 0.1) is 10.1 Å². The van der Waals surface area contributed by atoms with Crippen molar-refractivity contribution >= 4 is 27.3 Å². The molecule has 0 bridgehead atoms. The Morgan fingerprint density at radius 2 is 1.47 bits per heavy atom. The van der Waals surface area contributed by atoms with E-state index < -0.39 is 27.4 Å². The lowest BCUT2D eigenvalue weighted by Gasteiger charge is -2.28. The molecule has 0 saturated carbocycles. The second kappa shape index (κ2) is 10.8. The minimum Gasteiger partial charge on any atom is -0.495 e. The van der Waals surface area contributed by atoms with Gasteiger partial charge in [0.2, 0.25) is 15.9 Å². The van der Waals surface area contributed by atoms with E-state index in [4.69, 9.17) is 4.74 Å². The van der Waals surface area contributed by atoms with Crippen molar-refractivity contribution in [2.75, 3.05) is 24.2 Å². The lowest BCUT2D eigenvalue weighted by molar-refractivity contribution is -0.384. The number of carbonyl (C=O) groups is 1. The van der Waals surface area contributed by atoms with Crippen LogP contribution in [0.2, 0.25) is 0 Å². The molecular formula is C24H25N3O6S. The van der Waals surface area contributed by atoms with E-state index in [0.717, 1.165) is 27.8 Å². The molecule has 178 valence electrons. The Morgan fingerprint density at radius 3 is 1.91 bits per heavy atom. The summed E-state index contributed by atoms with van der Waals surface area (Å²) in [6.07, 6.45) is 0.942. The molecule has 0 spiro atoms. The largest absolute Gasteiger partial charge is 0.495 e. The Hall–Kier alpha value is -3.92. The average Bonchev–Trinajstić information content (AvgIpc) is 2.82. The van der Waals surface area contributed by atoms with Crippen LogP contribution in [-0.4, -0.2) is 44.1 Å². The molecular weight excluding hydrogens is 458 g/mol. The molecule has 0 N–H and O–H groups in total. The van der Waals surface area contributed by atoms with Crippen molar-refractivity contribution in [3.63, 3.8) is 0 Å². The monoisotopic (exact) mass is 483 g/mol. The molecule has 0 saturated heterocycles. The molecule has 9 nitrogen and oxygen atoms in total. The van der Waals surface area contributed by atoms with Crippen LogP contribution in [0.4, 0.5) is 11.4 Å². The number of sulfonamides is 1. The number of rotatable bonds is 10. The molecule has 0 aromatic heterocycles. The number of hydrogen-bond acceptors (Lipinski definition) is 6. The Bertz CT molecular complexity index is 1210. The molecule has 0 unspecified atom stereocenters. The highest BCUT2D eigenvalue weighted by molar-refractivity contribution is 7.92. The number of ether oxygens (including phenoxy) is 1. The molecule has 0 atom stereocenters. The fourth-order valence-corrected chi connectivity index (χ4v) is 4.28. The van der Waals surface area contributed by atoms with Gasteiger partial charge in [0, 0.05) is 25.2 Å². The summed E-state index contributed by atoms with van der Waals surface area (Å²) in [6, 6.07) is 22.3. The molecule has 0 radical (unpaired) electrons. The van der Waals surface area contributed by atoms with E-state index in [1.807, 2.05) is 60.7 Å². The zero-order valence-electron chi connectivity index (χ0n) is 18.8. The lowest BCUT2D eigenvalue weighted by atomic mass is 10.1. The van der Waals surface area contributed by atoms with Crippen molar-refractivity contribution in [2.45, 2.75) is 13.1 Å². The van der Waals surface area contributed by atoms with Gasteiger partial charge in [-0.3, -0.25) is 19.2 Å². The second-order valence-electron chi connectivity index (χ2n) is 7.60. The number of hydrogen-bond donors (Lipinski definition) is 0. The van der Waals surface area contributed by atoms with Gasteiger partial charge in [-0.25, -0.2) is 8.42 Å². The van der Waals surface area contributed by atoms with E-state index in [1.54, 1.807) is 4.90 Å². The first-order valence-electron chi connectivity index (χ1n) is 10.3. The number of carbonyl (C=O) groups excluding carboxylic acids is 1. The minimum absolute atomic E-state index is 0.0769. The van der Waals surface area contributed by atoms with Crippen molar-refractivity contribution in [2.24, 2.45) is 0 Å². The molecule has 0 aliphatic carbocycles. The van der Waals surface area contributed by atoms with Crippen molar-refractivity contribution < 1.29 is 22.9 Å². The maximum Gasteiger partial charge on any atom is 0.271 e. The molecule has 34 heavy (non-hydrogen) atoms. The molecule has 1 amide bonds. The van der Waals surface area contributed by atoms with E-state index in [0.29, 0.717) is 0 Å². The maximum atomic E-state index is 13.4.